The van der Waals surface area contributed by atoms with Crippen molar-refractivity contribution >= 4 is 29.2 Å². The van der Waals surface area contributed by atoms with Crippen LogP contribution in [0.1, 0.15) is 19.4 Å². The van der Waals surface area contributed by atoms with Crippen LogP contribution in [0.25, 0.3) is 0 Å². The van der Waals surface area contributed by atoms with E-state index >= 15 is 0 Å². The number of aromatic nitrogens is 1. The summed E-state index contributed by atoms with van der Waals surface area (Å²) in [6, 6.07) is 6.06. The van der Waals surface area contributed by atoms with Gasteiger partial charge in [0.1, 0.15) is 11.3 Å². The molecule has 148 valence electrons. The molecule has 0 N–H and O–H groups in total. The van der Waals surface area contributed by atoms with Crippen LogP contribution in [0.3, 0.4) is 0 Å². The molecule has 1 aliphatic rings. The molecule has 0 unspecified atom stereocenters. The fourth-order valence-electron chi connectivity index (χ4n) is 2.84. The van der Waals surface area contributed by atoms with Gasteiger partial charge in [0.05, 0.1) is 10.7 Å². The number of ether oxygens (including phenoxy) is 1. The third kappa shape index (κ3) is 3.75. The van der Waals surface area contributed by atoms with Crippen LogP contribution in [0, 0.1) is 0 Å². The topological polar surface area (TPSA) is 62.7 Å². The van der Waals surface area contributed by atoms with Gasteiger partial charge in [-0.05, 0) is 49.7 Å². The second kappa shape index (κ2) is 6.97. The predicted molar refractivity (Wildman–Crippen MR) is 94.9 cm³/mol. The number of carbonyl (C=O) groups excluding carboxylic acids is 2. The van der Waals surface area contributed by atoms with Gasteiger partial charge >= 0.3 is 12.4 Å². The van der Waals surface area contributed by atoms with Crippen molar-refractivity contribution in [3.63, 3.8) is 0 Å². The van der Waals surface area contributed by atoms with Gasteiger partial charge in [-0.1, -0.05) is 11.6 Å². The number of alkyl halides is 3. The van der Waals surface area contributed by atoms with Crippen LogP contribution in [-0.4, -0.2) is 33.7 Å². The van der Waals surface area contributed by atoms with Crippen LogP contribution < -0.4 is 9.64 Å². The van der Waals surface area contributed by atoms with Crippen molar-refractivity contribution in [3.05, 3.63) is 53.3 Å². The zero-order valence-corrected chi connectivity index (χ0v) is 15.6. The summed E-state index contributed by atoms with van der Waals surface area (Å²) in [5.41, 5.74) is -0.327. The van der Waals surface area contributed by atoms with Gasteiger partial charge in [-0.2, -0.15) is 0 Å². The summed E-state index contributed by atoms with van der Waals surface area (Å²) in [5, 5.41) is -0.374. The van der Waals surface area contributed by atoms with E-state index < -0.39 is 29.6 Å². The molecule has 0 saturated carbocycles. The highest BCUT2D eigenvalue weighted by atomic mass is 35.5. The lowest BCUT2D eigenvalue weighted by molar-refractivity contribution is -0.274. The van der Waals surface area contributed by atoms with Crippen molar-refractivity contribution in [2.45, 2.75) is 32.3 Å². The number of hydrogen-bond donors (Lipinski definition) is 0. The van der Waals surface area contributed by atoms with Gasteiger partial charge in [0.15, 0.2) is 0 Å². The van der Waals surface area contributed by atoms with Gasteiger partial charge < -0.3 is 9.64 Å². The summed E-state index contributed by atoms with van der Waals surface area (Å²) in [5.74, 6) is -1.14. The predicted octanol–water partition coefficient (Wildman–Crippen LogP) is 4.38. The first-order chi connectivity index (χ1) is 13.0. The van der Waals surface area contributed by atoms with Gasteiger partial charge in [0, 0.05) is 18.9 Å². The molecular weight excluding hydrogens is 399 g/mol. The van der Waals surface area contributed by atoms with E-state index in [1.165, 1.54) is 11.0 Å². The molecule has 2 heterocycles. The van der Waals surface area contributed by atoms with E-state index in [0.29, 0.717) is 0 Å². The Morgan fingerprint density at radius 1 is 1.14 bits per heavy atom. The quantitative estimate of drug-likeness (QED) is 0.698. The summed E-state index contributed by atoms with van der Waals surface area (Å²) in [7, 11) is 0. The molecule has 1 aliphatic heterocycles. The smallest absolute Gasteiger partial charge is 0.404 e. The summed E-state index contributed by atoms with van der Waals surface area (Å²) in [4.78, 5) is 32.0. The van der Waals surface area contributed by atoms with Crippen molar-refractivity contribution in [1.82, 2.24) is 9.88 Å². The van der Waals surface area contributed by atoms with Crippen molar-refractivity contribution in [2.24, 2.45) is 0 Å². The fraction of sp³-hybridized carbons (Fsp3) is 0.278. The van der Waals surface area contributed by atoms with Gasteiger partial charge in [0.25, 0.3) is 5.91 Å². The van der Waals surface area contributed by atoms with E-state index in [4.69, 9.17) is 11.6 Å². The van der Waals surface area contributed by atoms with Gasteiger partial charge in [-0.25, -0.2) is 9.69 Å². The molecule has 0 atom stereocenters. The largest absolute Gasteiger partial charge is 0.573 e. The third-order valence-electron chi connectivity index (χ3n) is 4.31. The number of pyridine rings is 1. The number of nitrogens with zero attached hydrogens (tertiary/aromatic N) is 3. The maximum atomic E-state index is 12.9. The first-order valence-corrected chi connectivity index (χ1v) is 8.49. The molecule has 6 nitrogen and oxygen atoms in total. The average molecular weight is 414 g/mol. The van der Waals surface area contributed by atoms with Crippen molar-refractivity contribution < 1.29 is 27.5 Å². The second-order valence-electron chi connectivity index (χ2n) is 6.59. The SMILES string of the molecule is CC1(C)C(=O)N(c2ccc(OC(F)(F)F)c(Cl)c2)C(=O)N1Cc1ccncc1. The standard InChI is InChI=1S/C18H15ClF3N3O3/c1-17(2)15(26)25(16(27)24(17)10-11-5-7-23-8-6-11)12-3-4-14(13(19)9-12)28-18(20,21)22/h3-9H,10H2,1-2H3. The molecule has 2 aromatic rings. The molecule has 0 aliphatic carbocycles. The van der Waals surface area contributed by atoms with Crippen LogP contribution in [0.15, 0.2) is 42.7 Å². The monoisotopic (exact) mass is 413 g/mol. The van der Waals surface area contributed by atoms with Crippen LogP contribution in [0.5, 0.6) is 5.75 Å². The number of imide groups is 1. The summed E-state index contributed by atoms with van der Waals surface area (Å²) >= 11 is 5.85. The van der Waals surface area contributed by atoms with E-state index in [1.54, 1.807) is 38.4 Å². The first-order valence-electron chi connectivity index (χ1n) is 8.11. The van der Waals surface area contributed by atoms with Crippen LogP contribution >= 0.6 is 11.6 Å². The van der Waals surface area contributed by atoms with Crippen molar-refractivity contribution in [3.8, 4) is 5.75 Å². The van der Waals surface area contributed by atoms with Crippen LogP contribution in [0.4, 0.5) is 23.7 Å². The van der Waals surface area contributed by atoms with Crippen LogP contribution in [-0.2, 0) is 11.3 Å². The van der Waals surface area contributed by atoms with E-state index in [2.05, 4.69) is 9.72 Å². The van der Waals surface area contributed by atoms with Gasteiger partial charge in [0.2, 0.25) is 0 Å². The first kappa shape index (κ1) is 19.9. The molecular formula is C18H15ClF3N3O3. The molecule has 28 heavy (non-hydrogen) atoms. The lowest BCUT2D eigenvalue weighted by Gasteiger charge is -2.27. The number of carbonyl (C=O) groups is 2. The Balaban J connectivity index is 1.91. The second-order valence-corrected chi connectivity index (χ2v) is 6.99. The van der Waals surface area contributed by atoms with E-state index in [-0.39, 0.29) is 17.3 Å². The number of hydrogen-bond acceptors (Lipinski definition) is 4. The Hall–Kier alpha value is -2.81. The third-order valence-corrected chi connectivity index (χ3v) is 4.61. The highest BCUT2D eigenvalue weighted by molar-refractivity contribution is 6.33. The summed E-state index contributed by atoms with van der Waals surface area (Å²) in [6.45, 7) is 3.36. The summed E-state index contributed by atoms with van der Waals surface area (Å²) < 4.78 is 41.0. The van der Waals surface area contributed by atoms with E-state index in [0.717, 1.165) is 22.6 Å². The highest BCUT2D eigenvalue weighted by Gasteiger charge is 2.51. The number of amides is 3. The molecule has 3 amide bonds. The Kier molecular flexibility index (Phi) is 4.97. The lowest BCUT2D eigenvalue weighted by Crippen LogP contribution is -2.43. The van der Waals surface area contributed by atoms with E-state index in [1.807, 2.05) is 0 Å². The Morgan fingerprint density at radius 2 is 1.79 bits per heavy atom. The minimum absolute atomic E-state index is 0.0554. The Morgan fingerprint density at radius 3 is 2.36 bits per heavy atom. The zero-order chi connectivity index (χ0) is 20.7. The lowest BCUT2D eigenvalue weighted by atomic mass is 10.0. The zero-order valence-electron chi connectivity index (χ0n) is 14.8. The number of anilines is 1. The number of halogens is 4. The maximum Gasteiger partial charge on any atom is 0.573 e. The minimum atomic E-state index is -4.91. The van der Waals surface area contributed by atoms with Gasteiger partial charge in [-0.15, -0.1) is 13.2 Å². The number of benzene rings is 1. The van der Waals surface area contributed by atoms with Gasteiger partial charge in [-0.3, -0.25) is 9.78 Å². The summed E-state index contributed by atoms with van der Waals surface area (Å²) in [6.07, 6.45) is -1.77. The molecule has 0 radical (unpaired) electrons. The Bertz CT molecular complexity index is 919. The molecule has 1 aromatic carbocycles. The molecule has 0 spiro atoms. The van der Waals surface area contributed by atoms with Crippen LogP contribution in [0.2, 0.25) is 5.02 Å². The number of rotatable bonds is 4. The van der Waals surface area contributed by atoms with E-state index in [9.17, 15) is 22.8 Å². The highest BCUT2D eigenvalue weighted by Crippen LogP contribution is 2.37. The maximum absolute atomic E-state index is 12.9. The molecule has 0 bridgehead atoms. The molecule has 1 aromatic heterocycles. The normalized spacial score (nSPS) is 16.6. The molecule has 1 saturated heterocycles. The Labute approximate surface area is 163 Å². The molecule has 3 rings (SSSR count). The average Bonchev–Trinajstić information content (AvgIpc) is 2.77. The van der Waals surface area contributed by atoms with Crippen molar-refractivity contribution in [1.29, 1.82) is 0 Å². The number of urea groups is 1. The van der Waals surface area contributed by atoms with Crippen molar-refractivity contribution in [2.75, 3.05) is 4.90 Å². The minimum Gasteiger partial charge on any atom is -0.404 e. The molecule has 10 heteroatoms. The molecule has 1 fully saturated rings. The fourth-order valence-corrected chi connectivity index (χ4v) is 3.05.